The maximum atomic E-state index is 11.7. The second-order valence-corrected chi connectivity index (χ2v) is 4.18. The van der Waals surface area contributed by atoms with Crippen LogP contribution in [0.2, 0.25) is 5.15 Å². The van der Waals surface area contributed by atoms with Gasteiger partial charge in [-0.05, 0) is 19.1 Å². The Labute approximate surface area is 105 Å². The van der Waals surface area contributed by atoms with Crippen LogP contribution in [-0.2, 0) is 4.79 Å². The van der Waals surface area contributed by atoms with Crippen molar-refractivity contribution in [2.45, 2.75) is 6.92 Å². The van der Waals surface area contributed by atoms with Gasteiger partial charge in [-0.25, -0.2) is 4.98 Å². The van der Waals surface area contributed by atoms with Crippen LogP contribution in [-0.4, -0.2) is 42.3 Å². The summed E-state index contributed by atoms with van der Waals surface area (Å²) < 4.78 is 0. The lowest BCUT2D eigenvalue weighted by Gasteiger charge is -2.11. The van der Waals surface area contributed by atoms with Crippen LogP contribution < -0.4 is 5.32 Å². The molecule has 1 aromatic rings. The number of hydrogen-bond acceptors (Lipinski definition) is 3. The van der Waals surface area contributed by atoms with Crippen LogP contribution in [0.3, 0.4) is 0 Å². The van der Waals surface area contributed by atoms with E-state index in [-0.39, 0.29) is 23.5 Å². The van der Waals surface area contributed by atoms with E-state index in [1.807, 2.05) is 0 Å². The smallest absolute Gasteiger partial charge is 0.251 e. The van der Waals surface area contributed by atoms with Gasteiger partial charge in [-0.15, -0.1) is 0 Å². The van der Waals surface area contributed by atoms with E-state index in [9.17, 15) is 9.59 Å². The van der Waals surface area contributed by atoms with Crippen LogP contribution in [0.4, 0.5) is 0 Å². The first-order valence-corrected chi connectivity index (χ1v) is 5.40. The first-order valence-electron chi connectivity index (χ1n) is 5.02. The summed E-state index contributed by atoms with van der Waals surface area (Å²) in [5.74, 6) is -0.511. The molecule has 0 aliphatic carbocycles. The first kappa shape index (κ1) is 13.4. The second-order valence-electron chi connectivity index (χ2n) is 3.79. The highest BCUT2D eigenvalue weighted by molar-refractivity contribution is 6.29. The number of nitrogens with one attached hydrogen (secondary N) is 1. The Morgan fingerprint density at radius 3 is 2.59 bits per heavy atom. The van der Waals surface area contributed by atoms with Gasteiger partial charge in [0.15, 0.2) is 0 Å². The third-order valence-electron chi connectivity index (χ3n) is 2.08. The molecule has 1 aromatic heterocycles. The predicted molar refractivity (Wildman–Crippen MR) is 65.0 cm³/mol. The molecule has 0 aromatic carbocycles. The van der Waals surface area contributed by atoms with E-state index >= 15 is 0 Å². The maximum absolute atomic E-state index is 11.7. The lowest BCUT2D eigenvalue weighted by atomic mass is 10.2. The highest BCUT2D eigenvalue weighted by Gasteiger charge is 2.10. The van der Waals surface area contributed by atoms with E-state index in [0.29, 0.717) is 11.3 Å². The van der Waals surface area contributed by atoms with Crippen molar-refractivity contribution in [3.8, 4) is 0 Å². The van der Waals surface area contributed by atoms with E-state index in [1.54, 1.807) is 27.1 Å². The maximum Gasteiger partial charge on any atom is 0.251 e. The molecule has 0 aliphatic heterocycles. The molecule has 0 saturated heterocycles. The van der Waals surface area contributed by atoms with E-state index < -0.39 is 0 Å². The average Bonchev–Trinajstić information content (AvgIpc) is 2.23. The molecular weight excluding hydrogens is 242 g/mol. The highest BCUT2D eigenvalue weighted by atomic mass is 35.5. The Morgan fingerprint density at radius 2 is 2.06 bits per heavy atom. The Hall–Kier alpha value is -1.62. The number of nitrogens with zero attached hydrogens (tertiary/aromatic N) is 2. The van der Waals surface area contributed by atoms with Crippen molar-refractivity contribution in [3.63, 3.8) is 0 Å². The van der Waals surface area contributed by atoms with Crippen LogP contribution in [0.5, 0.6) is 0 Å². The molecule has 0 unspecified atom stereocenters. The molecule has 0 spiro atoms. The Balaban J connectivity index is 2.67. The van der Waals surface area contributed by atoms with Crippen molar-refractivity contribution in [1.82, 2.24) is 15.2 Å². The minimum atomic E-state index is -0.340. The van der Waals surface area contributed by atoms with Gasteiger partial charge in [0.05, 0.1) is 6.54 Å². The SMILES string of the molecule is Cc1cc(C(=O)NCC(=O)N(C)C)cc(Cl)n1. The van der Waals surface area contributed by atoms with Gasteiger partial charge in [0.1, 0.15) is 5.15 Å². The van der Waals surface area contributed by atoms with Crippen molar-refractivity contribution in [2.24, 2.45) is 0 Å². The summed E-state index contributed by atoms with van der Waals surface area (Å²) in [6, 6.07) is 3.07. The molecule has 1 rings (SSSR count). The number of rotatable bonds is 3. The minimum Gasteiger partial charge on any atom is -0.347 e. The predicted octanol–water partition coefficient (Wildman–Crippen LogP) is 0.861. The molecular formula is C11H14ClN3O2. The van der Waals surface area contributed by atoms with Crippen molar-refractivity contribution >= 4 is 23.4 Å². The summed E-state index contributed by atoms with van der Waals surface area (Å²) in [7, 11) is 3.25. The van der Waals surface area contributed by atoms with Gasteiger partial charge in [0, 0.05) is 25.4 Å². The lowest BCUT2D eigenvalue weighted by Crippen LogP contribution is -2.36. The number of pyridine rings is 1. The van der Waals surface area contributed by atoms with Crippen LogP contribution in [0.15, 0.2) is 12.1 Å². The summed E-state index contributed by atoms with van der Waals surface area (Å²) >= 11 is 5.74. The summed E-state index contributed by atoms with van der Waals surface area (Å²) in [6.07, 6.45) is 0. The fourth-order valence-corrected chi connectivity index (χ4v) is 1.43. The topological polar surface area (TPSA) is 62.3 Å². The van der Waals surface area contributed by atoms with Crippen LogP contribution >= 0.6 is 11.6 Å². The number of aryl methyl sites for hydroxylation is 1. The zero-order valence-electron chi connectivity index (χ0n) is 9.95. The van der Waals surface area contributed by atoms with Crippen LogP contribution in [0.25, 0.3) is 0 Å². The number of carbonyl (C=O) groups excluding carboxylic acids is 2. The van der Waals surface area contributed by atoms with Crippen LogP contribution in [0, 0.1) is 6.92 Å². The van der Waals surface area contributed by atoms with Gasteiger partial charge in [0.25, 0.3) is 5.91 Å². The fraction of sp³-hybridized carbons (Fsp3) is 0.364. The molecule has 1 N–H and O–H groups in total. The van der Waals surface area contributed by atoms with E-state index in [1.165, 1.54) is 11.0 Å². The fourth-order valence-electron chi connectivity index (χ4n) is 1.18. The van der Waals surface area contributed by atoms with Gasteiger partial charge in [0.2, 0.25) is 5.91 Å². The highest BCUT2D eigenvalue weighted by Crippen LogP contribution is 2.10. The zero-order valence-corrected chi connectivity index (χ0v) is 10.7. The molecule has 0 fully saturated rings. The number of halogens is 1. The number of likely N-dealkylation sites (N-methyl/N-ethyl adjacent to an activating group) is 1. The Bertz CT molecular complexity index is 426. The van der Waals surface area contributed by atoms with Gasteiger partial charge in [-0.1, -0.05) is 11.6 Å². The average molecular weight is 256 g/mol. The summed E-state index contributed by atoms with van der Waals surface area (Å²) in [5, 5.41) is 2.78. The molecule has 0 atom stereocenters. The van der Waals surface area contributed by atoms with Gasteiger partial charge in [-0.3, -0.25) is 9.59 Å². The molecule has 0 radical (unpaired) electrons. The minimum absolute atomic E-state index is 0.0369. The standard InChI is InChI=1S/C11H14ClN3O2/c1-7-4-8(5-9(12)14-7)11(17)13-6-10(16)15(2)3/h4-5H,6H2,1-3H3,(H,13,17). The molecule has 92 valence electrons. The zero-order chi connectivity index (χ0) is 13.0. The van der Waals surface area contributed by atoms with Crippen molar-refractivity contribution in [1.29, 1.82) is 0 Å². The van der Waals surface area contributed by atoms with Crippen molar-refractivity contribution in [3.05, 3.63) is 28.5 Å². The normalized spacial score (nSPS) is 9.88. The number of aromatic nitrogens is 1. The second kappa shape index (κ2) is 5.63. The van der Waals surface area contributed by atoms with E-state index in [0.717, 1.165) is 0 Å². The monoisotopic (exact) mass is 255 g/mol. The Kier molecular flexibility index (Phi) is 4.45. The van der Waals surface area contributed by atoms with Crippen molar-refractivity contribution < 1.29 is 9.59 Å². The molecule has 17 heavy (non-hydrogen) atoms. The summed E-state index contributed by atoms with van der Waals surface area (Å²) in [4.78, 5) is 28.4. The summed E-state index contributed by atoms with van der Waals surface area (Å²) in [6.45, 7) is 1.71. The van der Waals surface area contributed by atoms with Crippen LogP contribution in [0.1, 0.15) is 16.1 Å². The summed E-state index contributed by atoms with van der Waals surface area (Å²) in [5.41, 5.74) is 1.05. The van der Waals surface area contributed by atoms with Gasteiger partial charge in [-0.2, -0.15) is 0 Å². The molecule has 5 nitrogen and oxygen atoms in total. The quantitative estimate of drug-likeness (QED) is 0.815. The molecule has 2 amide bonds. The van der Waals surface area contributed by atoms with E-state index in [4.69, 9.17) is 11.6 Å². The molecule has 0 saturated carbocycles. The van der Waals surface area contributed by atoms with Gasteiger partial charge >= 0.3 is 0 Å². The third kappa shape index (κ3) is 4.03. The molecule has 1 heterocycles. The lowest BCUT2D eigenvalue weighted by molar-refractivity contribution is -0.127. The largest absolute Gasteiger partial charge is 0.347 e. The van der Waals surface area contributed by atoms with Crippen molar-refractivity contribution in [2.75, 3.05) is 20.6 Å². The number of amides is 2. The molecule has 0 bridgehead atoms. The molecule has 0 aliphatic rings. The third-order valence-corrected chi connectivity index (χ3v) is 2.28. The number of carbonyl (C=O) groups is 2. The van der Waals surface area contributed by atoms with Gasteiger partial charge < -0.3 is 10.2 Å². The Morgan fingerprint density at radius 1 is 1.41 bits per heavy atom. The molecule has 6 heteroatoms. The first-order chi connectivity index (χ1) is 7.90. The van der Waals surface area contributed by atoms with E-state index in [2.05, 4.69) is 10.3 Å². The number of hydrogen-bond donors (Lipinski definition) is 1.